The molecular weight excluding hydrogens is 545 g/mol. The van der Waals surface area contributed by atoms with E-state index in [1.165, 1.54) is 35.6 Å². The van der Waals surface area contributed by atoms with E-state index in [-0.39, 0.29) is 30.3 Å². The van der Waals surface area contributed by atoms with E-state index in [2.05, 4.69) is 10.1 Å². The molecule has 2 atom stereocenters. The van der Waals surface area contributed by atoms with Crippen LogP contribution in [0.3, 0.4) is 0 Å². The zero-order valence-electron chi connectivity index (χ0n) is 21.0. The smallest absolute Gasteiger partial charge is 0.461 e. The number of nitrogens with one attached hydrogen (secondary N) is 1. The van der Waals surface area contributed by atoms with Crippen molar-refractivity contribution in [2.45, 2.75) is 45.8 Å². The SMILES string of the molecule is CC(=O)O[C@@H](C)Cn1c(=O)c2c(n(C)c1=O)NC(Oc1cccc(OC(F)(F)F)c1)N2Cc1ccc(Cl)cc1. The molecule has 14 heteroatoms. The van der Waals surface area contributed by atoms with E-state index in [4.69, 9.17) is 21.1 Å². The predicted molar refractivity (Wildman–Crippen MR) is 136 cm³/mol. The Morgan fingerprint density at radius 3 is 2.44 bits per heavy atom. The van der Waals surface area contributed by atoms with E-state index >= 15 is 0 Å². The molecule has 1 aromatic heterocycles. The topological polar surface area (TPSA) is 104 Å². The minimum absolute atomic E-state index is 0.0111. The zero-order chi connectivity index (χ0) is 28.5. The van der Waals surface area contributed by atoms with E-state index in [1.807, 2.05) is 0 Å². The Kier molecular flexibility index (Phi) is 7.82. The standard InChI is InChI=1S/C25H24ClF3N4O6/c1-14(37-15(2)34)12-33-22(35)20-21(31(3)24(33)36)30-23(32(20)13-16-7-9-17(26)10-8-16)38-18-5-4-6-19(11-18)39-25(27,28)29/h4-11,14,23,30H,12-13H2,1-3H3/t14-,23?/m0/s1. The number of fused-ring (bicyclic) bond motifs is 1. The lowest BCUT2D eigenvalue weighted by Crippen LogP contribution is -2.44. The first-order valence-electron chi connectivity index (χ1n) is 11.6. The van der Waals surface area contributed by atoms with Gasteiger partial charge in [0.2, 0.25) is 0 Å². The van der Waals surface area contributed by atoms with Gasteiger partial charge < -0.3 is 24.4 Å². The Bertz CT molecular complexity index is 1490. The summed E-state index contributed by atoms with van der Waals surface area (Å²) in [6.45, 7) is 2.67. The quantitative estimate of drug-likeness (QED) is 0.409. The van der Waals surface area contributed by atoms with Crippen LogP contribution in [0.5, 0.6) is 11.5 Å². The fraction of sp³-hybridized carbons (Fsp3) is 0.320. The number of rotatable bonds is 8. The third-order valence-electron chi connectivity index (χ3n) is 5.72. The second kappa shape index (κ2) is 10.9. The number of hydrogen-bond donors (Lipinski definition) is 1. The molecule has 1 N–H and O–H groups in total. The Hall–Kier alpha value is -4.13. The molecule has 10 nitrogen and oxygen atoms in total. The van der Waals surface area contributed by atoms with E-state index in [0.29, 0.717) is 5.02 Å². The molecule has 2 aromatic carbocycles. The molecule has 2 heterocycles. The van der Waals surface area contributed by atoms with Crippen LogP contribution in [0.1, 0.15) is 19.4 Å². The lowest BCUT2D eigenvalue weighted by molar-refractivity contribution is -0.274. The van der Waals surface area contributed by atoms with Crippen LogP contribution >= 0.6 is 11.6 Å². The van der Waals surface area contributed by atoms with Crippen LogP contribution in [0.4, 0.5) is 24.7 Å². The van der Waals surface area contributed by atoms with E-state index in [1.54, 1.807) is 31.2 Å². The molecule has 1 unspecified atom stereocenters. The summed E-state index contributed by atoms with van der Waals surface area (Å²) in [7, 11) is 1.45. The molecular formula is C25H24ClF3N4O6. The highest BCUT2D eigenvalue weighted by Gasteiger charge is 2.37. The summed E-state index contributed by atoms with van der Waals surface area (Å²) < 4.78 is 55.4. The van der Waals surface area contributed by atoms with Crippen molar-refractivity contribution in [3.8, 4) is 11.5 Å². The van der Waals surface area contributed by atoms with E-state index in [9.17, 15) is 27.6 Å². The number of carbonyl (C=O) groups is 1. The molecule has 1 aliphatic heterocycles. The lowest BCUT2D eigenvalue weighted by atomic mass is 10.2. The number of alkyl halides is 3. The Morgan fingerprint density at radius 1 is 1.13 bits per heavy atom. The summed E-state index contributed by atoms with van der Waals surface area (Å²) in [6, 6.07) is 11.7. The summed E-state index contributed by atoms with van der Waals surface area (Å²) in [5, 5.41) is 3.47. The fourth-order valence-corrected chi connectivity index (χ4v) is 4.27. The summed E-state index contributed by atoms with van der Waals surface area (Å²) in [5.74, 6) is -0.904. The highest BCUT2D eigenvalue weighted by atomic mass is 35.5. The maximum atomic E-state index is 13.6. The number of halogens is 4. The van der Waals surface area contributed by atoms with Gasteiger partial charge in [-0.2, -0.15) is 0 Å². The molecule has 3 aromatic rings. The van der Waals surface area contributed by atoms with E-state index in [0.717, 1.165) is 22.3 Å². The fourth-order valence-electron chi connectivity index (χ4n) is 4.14. The highest BCUT2D eigenvalue weighted by molar-refractivity contribution is 6.30. The van der Waals surface area contributed by atoms with Crippen LogP contribution in [0.25, 0.3) is 0 Å². The van der Waals surface area contributed by atoms with Crippen molar-refractivity contribution in [1.82, 2.24) is 9.13 Å². The number of ether oxygens (including phenoxy) is 3. The van der Waals surface area contributed by atoms with Crippen molar-refractivity contribution in [2.75, 3.05) is 10.2 Å². The number of anilines is 2. The molecule has 0 saturated heterocycles. The van der Waals surface area contributed by atoms with Crippen LogP contribution in [0, 0.1) is 0 Å². The monoisotopic (exact) mass is 568 g/mol. The predicted octanol–water partition coefficient (Wildman–Crippen LogP) is 3.85. The van der Waals surface area contributed by atoms with E-state index < -0.39 is 41.8 Å². The van der Waals surface area contributed by atoms with Gasteiger partial charge in [-0.15, -0.1) is 13.2 Å². The normalized spacial score (nSPS) is 15.4. The van der Waals surface area contributed by atoms with Crippen LogP contribution < -0.4 is 30.9 Å². The molecule has 0 saturated carbocycles. The van der Waals surface area contributed by atoms with Crippen molar-refractivity contribution in [3.63, 3.8) is 0 Å². The van der Waals surface area contributed by atoms with Gasteiger partial charge in [0.25, 0.3) is 11.9 Å². The molecule has 39 heavy (non-hydrogen) atoms. The van der Waals surface area contributed by atoms with Crippen molar-refractivity contribution in [1.29, 1.82) is 0 Å². The molecule has 0 fully saturated rings. The highest BCUT2D eigenvalue weighted by Crippen LogP contribution is 2.34. The number of benzene rings is 2. The molecule has 208 valence electrons. The van der Waals surface area contributed by atoms with Crippen molar-refractivity contribution >= 4 is 29.1 Å². The van der Waals surface area contributed by atoms with Gasteiger partial charge in [-0.05, 0) is 36.8 Å². The number of esters is 1. The molecule has 0 radical (unpaired) electrons. The molecule has 1 aliphatic rings. The third kappa shape index (κ3) is 6.48. The second-order valence-corrected chi connectivity index (χ2v) is 9.20. The summed E-state index contributed by atoms with van der Waals surface area (Å²) in [6.07, 6.45) is -6.77. The Morgan fingerprint density at radius 2 is 1.79 bits per heavy atom. The van der Waals surface area contributed by atoms with Gasteiger partial charge >= 0.3 is 18.0 Å². The van der Waals surface area contributed by atoms with Crippen LogP contribution in [-0.4, -0.2) is 33.9 Å². The van der Waals surface area contributed by atoms with Crippen molar-refractivity contribution < 1.29 is 32.2 Å². The minimum atomic E-state index is -4.90. The average molecular weight is 569 g/mol. The number of nitrogens with zero attached hydrogens (tertiary/aromatic N) is 3. The Balaban J connectivity index is 1.75. The molecule has 0 amide bonds. The van der Waals surface area contributed by atoms with Gasteiger partial charge in [0.15, 0.2) is 0 Å². The van der Waals surface area contributed by atoms with Crippen LogP contribution in [0.15, 0.2) is 58.1 Å². The summed E-state index contributed by atoms with van der Waals surface area (Å²) in [4.78, 5) is 39.6. The van der Waals surface area contributed by atoms with Crippen LogP contribution in [0.2, 0.25) is 5.02 Å². The van der Waals surface area contributed by atoms with Gasteiger partial charge in [0.1, 0.15) is 29.1 Å². The average Bonchev–Trinajstić information content (AvgIpc) is 3.18. The molecule has 0 bridgehead atoms. The van der Waals surface area contributed by atoms with Gasteiger partial charge in [0, 0.05) is 31.6 Å². The summed E-state index contributed by atoms with van der Waals surface area (Å²) in [5.41, 5.74) is -0.536. The number of carbonyl (C=O) groups excluding carboxylic acids is 1. The third-order valence-corrected chi connectivity index (χ3v) is 5.97. The molecule has 0 spiro atoms. The minimum Gasteiger partial charge on any atom is -0.461 e. The lowest BCUT2D eigenvalue weighted by Gasteiger charge is -2.27. The maximum absolute atomic E-state index is 13.6. The van der Waals surface area contributed by atoms with Crippen LogP contribution in [-0.2, 0) is 29.7 Å². The number of aromatic nitrogens is 2. The first kappa shape index (κ1) is 27.9. The molecule has 0 aliphatic carbocycles. The van der Waals surface area contributed by atoms with Gasteiger partial charge in [-0.25, -0.2) is 4.79 Å². The number of hydrogen-bond acceptors (Lipinski definition) is 8. The first-order chi connectivity index (χ1) is 18.3. The Labute approximate surface area is 225 Å². The summed E-state index contributed by atoms with van der Waals surface area (Å²) >= 11 is 6.00. The maximum Gasteiger partial charge on any atom is 0.573 e. The van der Waals surface area contributed by atoms with Gasteiger partial charge in [-0.1, -0.05) is 29.8 Å². The molecule has 4 rings (SSSR count). The van der Waals surface area contributed by atoms with Gasteiger partial charge in [0.05, 0.1) is 6.54 Å². The zero-order valence-corrected chi connectivity index (χ0v) is 21.7. The van der Waals surface area contributed by atoms with Gasteiger partial charge in [-0.3, -0.25) is 18.7 Å². The largest absolute Gasteiger partial charge is 0.573 e. The second-order valence-electron chi connectivity index (χ2n) is 8.77. The van der Waals surface area contributed by atoms with Crippen molar-refractivity contribution in [3.05, 3.63) is 80.0 Å². The first-order valence-corrected chi connectivity index (χ1v) is 12.0. The van der Waals surface area contributed by atoms with Crippen molar-refractivity contribution in [2.24, 2.45) is 7.05 Å².